The van der Waals surface area contributed by atoms with Crippen molar-refractivity contribution in [1.82, 2.24) is 0 Å². The molecule has 0 unspecified atom stereocenters. The lowest BCUT2D eigenvalue weighted by molar-refractivity contribution is -0.138. The van der Waals surface area contributed by atoms with Crippen molar-refractivity contribution in [2.24, 2.45) is 4.99 Å². The number of aliphatic hydroxyl groups excluding tert-OH is 1. The Bertz CT molecular complexity index is 1100. The number of aromatic hydroxyl groups is 1. The Morgan fingerprint density at radius 3 is 2.31 bits per heavy atom. The molecule has 32 heavy (non-hydrogen) atoms. The van der Waals surface area contributed by atoms with E-state index in [-0.39, 0.29) is 28.7 Å². The SMILES string of the molecule is CCOC(=O)C1=C(O)/C(=C\c2c(O)cc(OC)cc2OC)SC1=Nc1ccc(OC)cc1. The van der Waals surface area contributed by atoms with Gasteiger partial charge < -0.3 is 29.2 Å². The van der Waals surface area contributed by atoms with Crippen molar-refractivity contribution in [1.29, 1.82) is 0 Å². The van der Waals surface area contributed by atoms with Crippen LogP contribution >= 0.6 is 11.8 Å². The Labute approximate surface area is 189 Å². The number of hydrogen-bond acceptors (Lipinski definition) is 9. The first-order valence-electron chi connectivity index (χ1n) is 9.60. The zero-order chi connectivity index (χ0) is 23.3. The van der Waals surface area contributed by atoms with E-state index in [1.54, 1.807) is 44.4 Å². The Morgan fingerprint density at radius 2 is 1.72 bits per heavy atom. The van der Waals surface area contributed by atoms with Gasteiger partial charge in [-0.15, -0.1) is 0 Å². The van der Waals surface area contributed by atoms with E-state index in [4.69, 9.17) is 18.9 Å². The number of rotatable bonds is 7. The molecule has 9 heteroatoms. The van der Waals surface area contributed by atoms with Crippen molar-refractivity contribution >= 4 is 34.5 Å². The van der Waals surface area contributed by atoms with Crippen LogP contribution < -0.4 is 14.2 Å². The third kappa shape index (κ3) is 4.83. The summed E-state index contributed by atoms with van der Waals surface area (Å²) >= 11 is 1.08. The lowest BCUT2D eigenvalue weighted by atomic mass is 10.1. The van der Waals surface area contributed by atoms with Gasteiger partial charge in [0.2, 0.25) is 0 Å². The van der Waals surface area contributed by atoms with Gasteiger partial charge in [0.15, 0.2) is 0 Å². The molecule has 0 bridgehead atoms. The summed E-state index contributed by atoms with van der Waals surface area (Å²) in [6.07, 6.45) is 1.52. The number of ether oxygens (including phenoxy) is 4. The zero-order valence-corrected chi connectivity index (χ0v) is 18.9. The fourth-order valence-corrected chi connectivity index (χ4v) is 3.93. The maximum absolute atomic E-state index is 12.6. The van der Waals surface area contributed by atoms with Crippen LogP contribution in [-0.2, 0) is 9.53 Å². The molecule has 0 saturated heterocycles. The summed E-state index contributed by atoms with van der Waals surface area (Å²) in [6, 6.07) is 9.96. The van der Waals surface area contributed by atoms with Crippen LogP contribution in [0.1, 0.15) is 12.5 Å². The number of aliphatic hydroxyl groups is 1. The number of nitrogens with zero attached hydrogens (tertiary/aromatic N) is 1. The number of aliphatic imine (C=N–C) groups is 1. The van der Waals surface area contributed by atoms with Gasteiger partial charge in [-0.2, -0.15) is 0 Å². The van der Waals surface area contributed by atoms with Gasteiger partial charge >= 0.3 is 5.97 Å². The normalized spacial score (nSPS) is 15.9. The van der Waals surface area contributed by atoms with Crippen LogP contribution in [0.2, 0.25) is 0 Å². The van der Waals surface area contributed by atoms with Crippen molar-refractivity contribution in [2.45, 2.75) is 6.92 Å². The van der Waals surface area contributed by atoms with Crippen molar-refractivity contribution in [3.05, 3.63) is 58.2 Å². The van der Waals surface area contributed by atoms with Crippen LogP contribution in [-0.4, -0.2) is 49.2 Å². The van der Waals surface area contributed by atoms with Gasteiger partial charge in [-0.1, -0.05) is 11.8 Å². The Hall–Kier alpha value is -3.59. The predicted octanol–water partition coefficient (Wildman–Crippen LogP) is 4.61. The highest BCUT2D eigenvalue weighted by Crippen LogP contribution is 2.43. The number of hydrogen-bond donors (Lipinski definition) is 2. The summed E-state index contributed by atoms with van der Waals surface area (Å²) in [6.45, 7) is 1.82. The third-order valence-corrected chi connectivity index (χ3v) is 5.52. The summed E-state index contributed by atoms with van der Waals surface area (Å²) < 4.78 is 20.8. The minimum atomic E-state index is -0.695. The van der Waals surface area contributed by atoms with Gasteiger partial charge in [0.05, 0.1) is 44.1 Å². The average Bonchev–Trinajstić information content (AvgIpc) is 3.10. The van der Waals surface area contributed by atoms with Crippen LogP contribution in [0.15, 0.2) is 57.6 Å². The molecule has 1 heterocycles. The van der Waals surface area contributed by atoms with Crippen LogP contribution in [0.3, 0.4) is 0 Å². The van der Waals surface area contributed by atoms with Gasteiger partial charge in [-0.3, -0.25) is 0 Å². The molecular weight excluding hydrogens is 434 g/mol. The molecule has 0 saturated carbocycles. The Balaban J connectivity index is 2.08. The molecule has 8 nitrogen and oxygen atoms in total. The maximum atomic E-state index is 12.6. The number of carbonyl (C=O) groups is 1. The minimum absolute atomic E-state index is 0.0501. The molecule has 0 radical (unpaired) electrons. The van der Waals surface area contributed by atoms with Crippen LogP contribution in [0.5, 0.6) is 23.0 Å². The Morgan fingerprint density at radius 1 is 1.03 bits per heavy atom. The van der Waals surface area contributed by atoms with Crippen LogP contribution in [0.4, 0.5) is 5.69 Å². The topological polar surface area (TPSA) is 107 Å². The van der Waals surface area contributed by atoms with Crippen LogP contribution in [0.25, 0.3) is 6.08 Å². The smallest absolute Gasteiger partial charge is 0.344 e. The molecule has 0 atom stereocenters. The van der Waals surface area contributed by atoms with Crippen LogP contribution in [0, 0.1) is 0 Å². The second kappa shape index (κ2) is 10.1. The molecule has 1 aliphatic rings. The molecule has 0 amide bonds. The molecule has 1 aliphatic heterocycles. The number of thioether (sulfide) groups is 1. The number of benzene rings is 2. The molecule has 0 aliphatic carbocycles. The van der Waals surface area contributed by atoms with E-state index >= 15 is 0 Å². The summed E-state index contributed by atoms with van der Waals surface area (Å²) in [7, 11) is 4.49. The van der Waals surface area contributed by atoms with Gasteiger partial charge in [0.25, 0.3) is 0 Å². The first-order chi connectivity index (χ1) is 15.4. The molecule has 2 aromatic rings. The standard InChI is InChI=1S/C23H23NO7S/c1-5-31-23(27)20-21(26)19(12-16-17(25)10-15(29-3)11-18(16)30-4)32-22(20)24-13-6-8-14(28-2)9-7-13/h6-12,25-26H,5H2,1-4H3/b19-12+,24-22?. The van der Waals surface area contributed by atoms with Gasteiger partial charge in [0.1, 0.15) is 39.4 Å². The molecule has 168 valence electrons. The number of phenols is 1. The fraction of sp³-hybridized carbons (Fsp3) is 0.217. The van der Waals surface area contributed by atoms with E-state index in [0.717, 1.165) is 11.8 Å². The largest absolute Gasteiger partial charge is 0.507 e. The first kappa shape index (κ1) is 23.1. The highest BCUT2D eigenvalue weighted by molar-refractivity contribution is 8.18. The van der Waals surface area contributed by atoms with E-state index in [0.29, 0.717) is 33.4 Å². The second-order valence-electron chi connectivity index (χ2n) is 6.43. The van der Waals surface area contributed by atoms with E-state index in [9.17, 15) is 15.0 Å². The van der Waals surface area contributed by atoms with E-state index in [1.165, 1.54) is 26.4 Å². The minimum Gasteiger partial charge on any atom is -0.507 e. The van der Waals surface area contributed by atoms with E-state index < -0.39 is 5.97 Å². The third-order valence-electron chi connectivity index (χ3n) is 4.50. The van der Waals surface area contributed by atoms with Crippen molar-refractivity contribution in [2.75, 3.05) is 27.9 Å². The number of carbonyl (C=O) groups excluding carboxylic acids is 1. The Kier molecular flexibility index (Phi) is 7.32. The summed E-state index contributed by atoms with van der Waals surface area (Å²) in [4.78, 5) is 17.4. The molecular formula is C23H23NO7S. The molecule has 2 aromatic carbocycles. The van der Waals surface area contributed by atoms with E-state index in [2.05, 4.69) is 4.99 Å². The second-order valence-corrected chi connectivity index (χ2v) is 7.46. The summed E-state index contributed by atoms with van der Waals surface area (Å²) in [5, 5.41) is 21.5. The predicted molar refractivity (Wildman–Crippen MR) is 123 cm³/mol. The highest BCUT2D eigenvalue weighted by atomic mass is 32.2. The first-order valence-corrected chi connectivity index (χ1v) is 10.4. The maximum Gasteiger partial charge on any atom is 0.344 e. The quantitative estimate of drug-likeness (QED) is 0.581. The lowest BCUT2D eigenvalue weighted by Gasteiger charge is -2.10. The highest BCUT2D eigenvalue weighted by Gasteiger charge is 2.33. The van der Waals surface area contributed by atoms with Crippen molar-refractivity contribution in [3.63, 3.8) is 0 Å². The number of phenolic OH excluding ortho intramolecular Hbond substituents is 1. The van der Waals surface area contributed by atoms with E-state index in [1.807, 2.05) is 0 Å². The van der Waals surface area contributed by atoms with Gasteiger partial charge in [0, 0.05) is 12.1 Å². The number of methoxy groups -OCH3 is 3. The monoisotopic (exact) mass is 457 g/mol. The summed E-state index contributed by atoms with van der Waals surface area (Å²) in [5.41, 5.74) is 0.830. The molecule has 2 N–H and O–H groups in total. The average molecular weight is 458 g/mol. The fourth-order valence-electron chi connectivity index (χ4n) is 2.92. The van der Waals surface area contributed by atoms with Gasteiger partial charge in [-0.25, -0.2) is 9.79 Å². The van der Waals surface area contributed by atoms with Crippen molar-refractivity contribution < 1.29 is 34.0 Å². The lowest BCUT2D eigenvalue weighted by Crippen LogP contribution is -2.12. The zero-order valence-electron chi connectivity index (χ0n) is 18.0. The molecule has 0 fully saturated rings. The molecule has 3 rings (SSSR count). The van der Waals surface area contributed by atoms with Crippen molar-refractivity contribution in [3.8, 4) is 23.0 Å². The molecule has 0 spiro atoms. The molecule has 0 aromatic heterocycles. The van der Waals surface area contributed by atoms with Gasteiger partial charge in [-0.05, 0) is 37.3 Å². The summed E-state index contributed by atoms with van der Waals surface area (Å²) in [5.74, 6) is 0.312. The number of esters is 1.